The third kappa shape index (κ3) is 3.36. The number of nitrogens with zero attached hydrogens (tertiary/aromatic N) is 1. The van der Waals surface area contributed by atoms with E-state index in [1.807, 2.05) is 56.3 Å². The topological polar surface area (TPSA) is 49.4 Å². The second-order valence-corrected chi connectivity index (χ2v) is 6.99. The highest BCUT2D eigenvalue weighted by Crippen LogP contribution is 2.32. The average molecular weight is 387 g/mol. The summed E-state index contributed by atoms with van der Waals surface area (Å²) in [4.78, 5) is 26.6. The van der Waals surface area contributed by atoms with Crippen LogP contribution in [0.3, 0.4) is 0 Å². The third-order valence-corrected chi connectivity index (χ3v) is 5.10. The summed E-state index contributed by atoms with van der Waals surface area (Å²) in [7, 11) is 0. The van der Waals surface area contributed by atoms with Crippen LogP contribution in [0, 0.1) is 6.92 Å². The molecule has 0 radical (unpaired) electrons. The number of halogens is 1. The zero-order valence-electron chi connectivity index (χ0n) is 13.7. The smallest absolute Gasteiger partial charge is 0.236 e. The second-order valence-electron chi connectivity index (χ2n) is 6.13. The van der Waals surface area contributed by atoms with Gasteiger partial charge in [-0.2, -0.15) is 0 Å². The van der Waals surface area contributed by atoms with E-state index in [0.717, 1.165) is 27.7 Å². The van der Waals surface area contributed by atoms with Crippen LogP contribution in [-0.4, -0.2) is 17.9 Å². The minimum absolute atomic E-state index is 0.0798. The van der Waals surface area contributed by atoms with E-state index in [1.165, 1.54) is 0 Å². The van der Waals surface area contributed by atoms with Gasteiger partial charge in [0.2, 0.25) is 11.8 Å². The number of fused-ring (bicyclic) bond motifs is 1. The molecule has 2 aromatic carbocycles. The number of nitrogens with one attached hydrogen (secondary N) is 1. The molecule has 1 N–H and O–H groups in total. The molecule has 1 heterocycles. The van der Waals surface area contributed by atoms with Crippen molar-refractivity contribution in [2.45, 2.75) is 32.7 Å². The first kappa shape index (κ1) is 16.7. The lowest BCUT2D eigenvalue weighted by Crippen LogP contribution is -2.37. The minimum Gasteiger partial charge on any atom is -0.326 e. The Morgan fingerprint density at radius 1 is 1.25 bits per heavy atom. The first-order valence-corrected chi connectivity index (χ1v) is 8.71. The summed E-state index contributed by atoms with van der Waals surface area (Å²) in [6, 6.07) is 13.5. The molecular formula is C19H19BrN2O2. The Hall–Kier alpha value is -2.14. The van der Waals surface area contributed by atoms with Gasteiger partial charge in [-0.3, -0.25) is 9.59 Å². The average Bonchev–Trinajstić information content (AvgIpc) is 2.86. The Bertz CT molecular complexity index is 804. The van der Waals surface area contributed by atoms with Crippen molar-refractivity contribution in [1.82, 2.24) is 0 Å². The molecule has 1 unspecified atom stereocenters. The van der Waals surface area contributed by atoms with E-state index in [-0.39, 0.29) is 24.3 Å². The molecule has 0 bridgehead atoms. The van der Waals surface area contributed by atoms with Crippen LogP contribution in [-0.2, 0) is 16.0 Å². The lowest BCUT2D eigenvalue weighted by molar-refractivity contribution is -0.125. The normalized spacial score (nSPS) is 16.0. The maximum absolute atomic E-state index is 12.6. The van der Waals surface area contributed by atoms with Crippen LogP contribution in [0.2, 0.25) is 0 Å². The summed E-state index contributed by atoms with van der Waals surface area (Å²) in [5.74, 6) is -0.469. The van der Waals surface area contributed by atoms with Gasteiger partial charge >= 0.3 is 0 Å². The number of hydrogen-bond acceptors (Lipinski definition) is 2. The van der Waals surface area contributed by atoms with Gasteiger partial charge in [0, 0.05) is 21.9 Å². The highest BCUT2D eigenvalue weighted by Gasteiger charge is 2.31. The van der Waals surface area contributed by atoms with Crippen LogP contribution < -0.4 is 10.2 Å². The van der Waals surface area contributed by atoms with E-state index < -0.39 is 0 Å². The fraction of sp³-hybridized carbons (Fsp3) is 0.263. The molecule has 124 valence electrons. The summed E-state index contributed by atoms with van der Waals surface area (Å²) < 4.78 is 0.925. The number of carbonyl (C=O) groups is 2. The highest BCUT2D eigenvalue weighted by atomic mass is 79.9. The van der Waals surface area contributed by atoms with Gasteiger partial charge in [-0.25, -0.2) is 0 Å². The predicted octanol–water partition coefficient (Wildman–Crippen LogP) is 4.06. The molecule has 24 heavy (non-hydrogen) atoms. The standard InChI is InChI=1S/C19H19BrN2O2/c1-12-7-8-15(10-16(12)20)21-18(23)11-19(24)22-13(2)9-14-5-3-4-6-17(14)22/h3-8,10,13H,9,11H2,1-2H3,(H,21,23). The van der Waals surface area contributed by atoms with Gasteiger partial charge in [0.05, 0.1) is 0 Å². The third-order valence-electron chi connectivity index (χ3n) is 4.24. The molecule has 5 heteroatoms. The molecule has 0 spiro atoms. The van der Waals surface area contributed by atoms with Gasteiger partial charge in [-0.15, -0.1) is 0 Å². The molecule has 3 rings (SSSR count). The van der Waals surface area contributed by atoms with Crippen molar-refractivity contribution in [3.05, 3.63) is 58.1 Å². The Balaban J connectivity index is 1.68. The Morgan fingerprint density at radius 2 is 2.00 bits per heavy atom. The molecule has 0 aliphatic carbocycles. The minimum atomic E-state index is -0.299. The molecule has 0 saturated heterocycles. The maximum atomic E-state index is 12.6. The van der Waals surface area contributed by atoms with Crippen LogP contribution in [0.25, 0.3) is 0 Å². The number of rotatable bonds is 3. The van der Waals surface area contributed by atoms with Crippen LogP contribution in [0.15, 0.2) is 46.9 Å². The van der Waals surface area contributed by atoms with Gasteiger partial charge < -0.3 is 10.2 Å². The predicted molar refractivity (Wildman–Crippen MR) is 99.2 cm³/mol. The molecule has 4 nitrogen and oxygen atoms in total. The van der Waals surface area contributed by atoms with Crippen LogP contribution in [0.4, 0.5) is 11.4 Å². The van der Waals surface area contributed by atoms with E-state index in [0.29, 0.717) is 5.69 Å². The molecule has 1 aliphatic rings. The molecule has 2 amide bonds. The summed E-state index contributed by atoms with van der Waals surface area (Å²) in [5.41, 5.74) is 3.84. The van der Waals surface area contributed by atoms with E-state index in [2.05, 4.69) is 21.2 Å². The van der Waals surface area contributed by atoms with Crippen molar-refractivity contribution in [3.8, 4) is 0 Å². The van der Waals surface area contributed by atoms with Crippen molar-refractivity contribution < 1.29 is 9.59 Å². The number of carbonyl (C=O) groups excluding carboxylic acids is 2. The maximum Gasteiger partial charge on any atom is 0.236 e. The van der Waals surface area contributed by atoms with Gasteiger partial charge in [-0.1, -0.05) is 40.2 Å². The van der Waals surface area contributed by atoms with E-state index >= 15 is 0 Å². The Kier molecular flexibility index (Phi) is 4.71. The molecular weight excluding hydrogens is 368 g/mol. The van der Waals surface area contributed by atoms with Gasteiger partial charge in [0.1, 0.15) is 6.42 Å². The van der Waals surface area contributed by atoms with Gasteiger partial charge in [0.25, 0.3) is 0 Å². The van der Waals surface area contributed by atoms with E-state index in [1.54, 1.807) is 4.90 Å². The van der Waals surface area contributed by atoms with Crippen molar-refractivity contribution >= 4 is 39.1 Å². The molecule has 1 aliphatic heterocycles. The van der Waals surface area contributed by atoms with Crippen molar-refractivity contribution in [3.63, 3.8) is 0 Å². The van der Waals surface area contributed by atoms with Crippen molar-refractivity contribution in [1.29, 1.82) is 0 Å². The number of anilines is 2. The molecule has 2 aromatic rings. The zero-order chi connectivity index (χ0) is 17.3. The first-order chi connectivity index (χ1) is 11.5. The monoisotopic (exact) mass is 386 g/mol. The van der Waals surface area contributed by atoms with E-state index in [4.69, 9.17) is 0 Å². The Labute approximate surface area is 150 Å². The van der Waals surface area contributed by atoms with Crippen LogP contribution >= 0.6 is 15.9 Å². The lowest BCUT2D eigenvalue weighted by atomic mass is 10.1. The fourth-order valence-electron chi connectivity index (χ4n) is 3.04. The first-order valence-electron chi connectivity index (χ1n) is 7.91. The van der Waals surface area contributed by atoms with Crippen molar-refractivity contribution in [2.24, 2.45) is 0 Å². The van der Waals surface area contributed by atoms with E-state index in [9.17, 15) is 9.59 Å². The summed E-state index contributed by atoms with van der Waals surface area (Å²) in [6.07, 6.45) is 0.665. The van der Waals surface area contributed by atoms with Crippen LogP contribution in [0.1, 0.15) is 24.5 Å². The molecule has 0 saturated carbocycles. The summed E-state index contributed by atoms with van der Waals surface area (Å²) >= 11 is 3.44. The molecule has 1 atom stereocenters. The number of hydrogen-bond donors (Lipinski definition) is 1. The number of amides is 2. The van der Waals surface area contributed by atoms with Gasteiger partial charge in [-0.05, 0) is 49.6 Å². The second kappa shape index (κ2) is 6.77. The zero-order valence-corrected chi connectivity index (χ0v) is 15.3. The summed E-state index contributed by atoms with van der Waals surface area (Å²) in [6.45, 7) is 3.98. The fourth-order valence-corrected chi connectivity index (χ4v) is 3.42. The van der Waals surface area contributed by atoms with Crippen LogP contribution in [0.5, 0.6) is 0 Å². The lowest BCUT2D eigenvalue weighted by Gasteiger charge is -2.22. The molecule has 0 aromatic heterocycles. The van der Waals surface area contributed by atoms with Crippen molar-refractivity contribution in [2.75, 3.05) is 10.2 Å². The highest BCUT2D eigenvalue weighted by molar-refractivity contribution is 9.10. The number of benzene rings is 2. The Morgan fingerprint density at radius 3 is 2.75 bits per heavy atom. The number of para-hydroxylation sites is 1. The quantitative estimate of drug-likeness (QED) is 0.808. The number of aryl methyl sites for hydroxylation is 1. The SMILES string of the molecule is Cc1ccc(NC(=O)CC(=O)N2c3ccccc3CC2C)cc1Br. The largest absolute Gasteiger partial charge is 0.326 e. The summed E-state index contributed by atoms with van der Waals surface area (Å²) in [5, 5.41) is 2.79. The molecule has 0 fully saturated rings. The van der Waals surface area contributed by atoms with Gasteiger partial charge in [0.15, 0.2) is 0 Å².